The second-order valence-electron chi connectivity index (χ2n) is 6.50. The molecule has 0 atom stereocenters. The molecule has 0 saturated carbocycles. The van der Waals surface area contributed by atoms with Crippen molar-refractivity contribution in [3.63, 3.8) is 0 Å². The summed E-state index contributed by atoms with van der Waals surface area (Å²) in [6.07, 6.45) is 4.08. The molecule has 3 aromatic carbocycles. The normalized spacial score (nSPS) is 10.7. The fourth-order valence-corrected chi connectivity index (χ4v) is 3.31. The number of benzene rings is 3. The van der Waals surface area contributed by atoms with Crippen molar-refractivity contribution in [1.29, 1.82) is 0 Å². The Kier molecular flexibility index (Phi) is 4.93. The lowest BCUT2D eigenvalue weighted by molar-refractivity contribution is -0.120. The molecule has 3 heteroatoms. The Morgan fingerprint density at radius 3 is 2.33 bits per heavy atom. The second kappa shape index (κ2) is 7.83. The van der Waals surface area contributed by atoms with Crippen molar-refractivity contribution in [3.8, 4) is 11.1 Å². The number of rotatable bonds is 5. The fourth-order valence-electron chi connectivity index (χ4n) is 3.31. The topological polar surface area (TPSA) is 42.0 Å². The smallest absolute Gasteiger partial charge is 0.224 e. The van der Waals surface area contributed by atoms with E-state index in [1.807, 2.05) is 67.0 Å². The lowest BCUT2D eigenvalue weighted by atomic mass is 9.96. The maximum Gasteiger partial charge on any atom is 0.224 e. The highest BCUT2D eigenvalue weighted by Gasteiger charge is 2.09. The standard InChI is InChI=1S/C24H20N2O/c27-24(15-18-7-3-1-4-8-18)26-16-20-11-12-21(19-9-5-2-6-10-19)22-13-14-25-17-23(20)22/h1-14,17H,15-16H2,(H,26,27). The van der Waals surface area contributed by atoms with E-state index in [0.717, 1.165) is 21.9 Å². The molecule has 0 saturated heterocycles. The van der Waals surface area contributed by atoms with Crippen molar-refractivity contribution < 1.29 is 4.79 Å². The molecule has 1 aromatic heterocycles. The Balaban J connectivity index is 1.57. The number of fused-ring (bicyclic) bond motifs is 1. The van der Waals surface area contributed by atoms with Gasteiger partial charge in [-0.15, -0.1) is 0 Å². The first-order chi connectivity index (χ1) is 13.3. The van der Waals surface area contributed by atoms with Gasteiger partial charge in [0.2, 0.25) is 5.91 Å². The molecule has 0 unspecified atom stereocenters. The van der Waals surface area contributed by atoms with E-state index in [1.54, 1.807) is 0 Å². The highest BCUT2D eigenvalue weighted by Crippen LogP contribution is 2.30. The monoisotopic (exact) mass is 352 g/mol. The summed E-state index contributed by atoms with van der Waals surface area (Å²) in [7, 11) is 0. The SMILES string of the molecule is O=C(Cc1ccccc1)NCc1ccc(-c2ccccc2)c2ccncc12. The first-order valence-electron chi connectivity index (χ1n) is 9.03. The van der Waals surface area contributed by atoms with Gasteiger partial charge >= 0.3 is 0 Å². The van der Waals surface area contributed by atoms with E-state index in [-0.39, 0.29) is 5.91 Å². The summed E-state index contributed by atoms with van der Waals surface area (Å²) >= 11 is 0. The largest absolute Gasteiger partial charge is 0.352 e. The number of carbonyl (C=O) groups excluding carboxylic acids is 1. The average molecular weight is 352 g/mol. The molecular weight excluding hydrogens is 332 g/mol. The van der Waals surface area contributed by atoms with E-state index in [9.17, 15) is 4.79 Å². The maximum absolute atomic E-state index is 12.3. The highest BCUT2D eigenvalue weighted by atomic mass is 16.1. The molecule has 0 aliphatic heterocycles. The van der Waals surface area contributed by atoms with Crippen molar-refractivity contribution in [2.24, 2.45) is 0 Å². The minimum Gasteiger partial charge on any atom is -0.352 e. The van der Waals surface area contributed by atoms with Crippen molar-refractivity contribution >= 4 is 16.7 Å². The van der Waals surface area contributed by atoms with Crippen LogP contribution in [-0.4, -0.2) is 10.9 Å². The van der Waals surface area contributed by atoms with Crippen LogP contribution in [0, 0.1) is 0 Å². The molecule has 0 aliphatic rings. The molecule has 1 N–H and O–H groups in total. The van der Waals surface area contributed by atoms with Gasteiger partial charge in [0.05, 0.1) is 6.42 Å². The van der Waals surface area contributed by atoms with Gasteiger partial charge in [0, 0.05) is 24.3 Å². The molecular formula is C24H20N2O. The molecule has 132 valence electrons. The van der Waals surface area contributed by atoms with Gasteiger partial charge in [-0.05, 0) is 33.7 Å². The van der Waals surface area contributed by atoms with Crippen molar-refractivity contribution in [2.45, 2.75) is 13.0 Å². The van der Waals surface area contributed by atoms with E-state index in [2.05, 4.69) is 34.6 Å². The predicted octanol–water partition coefficient (Wildman–Crippen LogP) is 4.76. The van der Waals surface area contributed by atoms with Crippen LogP contribution in [0.4, 0.5) is 0 Å². The zero-order valence-electron chi connectivity index (χ0n) is 14.9. The molecule has 27 heavy (non-hydrogen) atoms. The summed E-state index contributed by atoms with van der Waals surface area (Å²) in [6.45, 7) is 0.489. The third-order valence-electron chi connectivity index (χ3n) is 4.68. The molecule has 4 aromatic rings. The van der Waals surface area contributed by atoms with Crippen molar-refractivity contribution in [1.82, 2.24) is 10.3 Å². The summed E-state index contributed by atoms with van der Waals surface area (Å²) in [4.78, 5) is 16.6. The van der Waals surface area contributed by atoms with Crippen molar-refractivity contribution in [2.75, 3.05) is 0 Å². The van der Waals surface area contributed by atoms with Crippen LogP contribution in [0.3, 0.4) is 0 Å². The molecule has 3 nitrogen and oxygen atoms in total. The van der Waals surface area contributed by atoms with Gasteiger partial charge in [-0.3, -0.25) is 9.78 Å². The first-order valence-corrected chi connectivity index (χ1v) is 9.03. The predicted molar refractivity (Wildman–Crippen MR) is 109 cm³/mol. The van der Waals surface area contributed by atoms with Crippen LogP contribution in [0.15, 0.2) is 91.3 Å². The zero-order chi connectivity index (χ0) is 18.5. The number of nitrogens with zero attached hydrogens (tertiary/aromatic N) is 1. The van der Waals surface area contributed by atoms with Crippen molar-refractivity contribution in [3.05, 3.63) is 102 Å². The summed E-state index contributed by atoms with van der Waals surface area (Å²) in [5.74, 6) is 0.0189. The molecule has 0 aliphatic carbocycles. The Morgan fingerprint density at radius 2 is 1.56 bits per heavy atom. The van der Waals surface area contributed by atoms with Gasteiger partial charge in [0.1, 0.15) is 0 Å². The van der Waals surface area contributed by atoms with E-state index in [4.69, 9.17) is 0 Å². The van der Waals surface area contributed by atoms with Crippen LogP contribution in [0.25, 0.3) is 21.9 Å². The minimum absolute atomic E-state index is 0.0189. The number of carbonyl (C=O) groups is 1. The van der Waals surface area contributed by atoms with Crippen LogP contribution in [0.5, 0.6) is 0 Å². The van der Waals surface area contributed by atoms with Gasteiger partial charge in [-0.25, -0.2) is 0 Å². The number of pyridine rings is 1. The number of hydrogen-bond donors (Lipinski definition) is 1. The lowest BCUT2D eigenvalue weighted by Crippen LogP contribution is -2.24. The number of nitrogens with one attached hydrogen (secondary N) is 1. The lowest BCUT2D eigenvalue weighted by Gasteiger charge is -2.12. The summed E-state index contributed by atoms with van der Waals surface area (Å²) in [6, 6.07) is 26.3. The van der Waals surface area contributed by atoms with Gasteiger partial charge in [0.15, 0.2) is 0 Å². The van der Waals surface area contributed by atoms with Gasteiger partial charge < -0.3 is 5.32 Å². The highest BCUT2D eigenvalue weighted by molar-refractivity contribution is 5.98. The molecule has 1 amide bonds. The minimum atomic E-state index is 0.0189. The fraction of sp³-hybridized carbons (Fsp3) is 0.0833. The van der Waals surface area contributed by atoms with Crippen LogP contribution < -0.4 is 5.32 Å². The van der Waals surface area contributed by atoms with E-state index >= 15 is 0 Å². The molecule has 0 fully saturated rings. The molecule has 0 bridgehead atoms. The molecule has 0 spiro atoms. The first kappa shape index (κ1) is 17.0. The second-order valence-corrected chi connectivity index (χ2v) is 6.50. The third-order valence-corrected chi connectivity index (χ3v) is 4.68. The number of hydrogen-bond acceptors (Lipinski definition) is 2. The molecule has 4 rings (SSSR count). The van der Waals surface area contributed by atoms with E-state index in [1.165, 1.54) is 11.1 Å². The molecule has 1 heterocycles. The van der Waals surface area contributed by atoms with Gasteiger partial charge in [-0.2, -0.15) is 0 Å². The zero-order valence-corrected chi connectivity index (χ0v) is 14.9. The Hall–Kier alpha value is -3.46. The Bertz CT molecular complexity index is 1060. The van der Waals surface area contributed by atoms with Crippen LogP contribution in [0.1, 0.15) is 11.1 Å². The van der Waals surface area contributed by atoms with E-state index < -0.39 is 0 Å². The Morgan fingerprint density at radius 1 is 0.815 bits per heavy atom. The third kappa shape index (κ3) is 3.87. The molecule has 0 radical (unpaired) electrons. The quantitative estimate of drug-likeness (QED) is 0.563. The van der Waals surface area contributed by atoms with Crippen LogP contribution in [-0.2, 0) is 17.8 Å². The number of amides is 1. The Labute approximate surface area is 158 Å². The van der Waals surface area contributed by atoms with E-state index in [0.29, 0.717) is 13.0 Å². The van der Waals surface area contributed by atoms with Crippen LogP contribution >= 0.6 is 0 Å². The maximum atomic E-state index is 12.3. The average Bonchev–Trinajstić information content (AvgIpc) is 2.73. The van der Waals surface area contributed by atoms with Crippen LogP contribution in [0.2, 0.25) is 0 Å². The van der Waals surface area contributed by atoms with Gasteiger partial charge in [-0.1, -0.05) is 72.8 Å². The van der Waals surface area contributed by atoms with Gasteiger partial charge in [0.25, 0.3) is 0 Å². The summed E-state index contributed by atoms with van der Waals surface area (Å²) in [5.41, 5.74) is 4.43. The summed E-state index contributed by atoms with van der Waals surface area (Å²) in [5, 5.41) is 5.24. The number of aromatic nitrogens is 1. The summed E-state index contributed by atoms with van der Waals surface area (Å²) < 4.78 is 0.